The van der Waals surface area contributed by atoms with Crippen molar-refractivity contribution in [2.45, 2.75) is 13.8 Å². The van der Waals surface area contributed by atoms with Gasteiger partial charge in [-0.05, 0) is 30.3 Å². The van der Waals surface area contributed by atoms with E-state index in [1.165, 1.54) is 36.4 Å². The molecule has 0 fully saturated rings. The Morgan fingerprint density at radius 2 is 1.63 bits per heavy atom. The first-order valence-electron chi connectivity index (χ1n) is 5.87. The van der Waals surface area contributed by atoms with E-state index in [4.69, 9.17) is 9.84 Å². The van der Waals surface area contributed by atoms with Crippen molar-refractivity contribution in [1.82, 2.24) is 0 Å². The lowest BCUT2D eigenvalue weighted by molar-refractivity contribution is -0.385. The molecule has 0 radical (unpaired) electrons. The number of hydrogen-bond donors (Lipinski definition) is 1. The maximum absolute atomic E-state index is 10.8. The Balaban J connectivity index is 0.000000861. The SMILES string of the molecule is CC.O=[N+]([O-])c1ccccc1Oc1ccc(O)cc1. The van der Waals surface area contributed by atoms with Gasteiger partial charge in [-0.25, -0.2) is 0 Å². The molecule has 0 spiro atoms. The lowest BCUT2D eigenvalue weighted by Gasteiger charge is -2.05. The molecule has 2 aromatic carbocycles. The Morgan fingerprint density at radius 1 is 1.05 bits per heavy atom. The number of aromatic hydroxyl groups is 1. The zero-order valence-corrected chi connectivity index (χ0v) is 10.7. The molecule has 1 N–H and O–H groups in total. The van der Waals surface area contributed by atoms with Crippen molar-refractivity contribution in [2.75, 3.05) is 0 Å². The molecule has 0 amide bonds. The Morgan fingerprint density at radius 3 is 2.21 bits per heavy atom. The summed E-state index contributed by atoms with van der Waals surface area (Å²) < 4.78 is 5.37. The zero-order chi connectivity index (χ0) is 14.3. The first-order chi connectivity index (χ1) is 9.16. The molecule has 2 rings (SSSR count). The number of phenolic OH excluding ortho intramolecular Hbond substituents is 1. The number of rotatable bonds is 3. The lowest BCUT2D eigenvalue weighted by atomic mass is 10.3. The van der Waals surface area contributed by atoms with Crippen LogP contribution in [0.15, 0.2) is 48.5 Å². The van der Waals surface area contributed by atoms with E-state index < -0.39 is 4.92 Å². The predicted octanol–water partition coefficient (Wildman–Crippen LogP) is 4.12. The molecule has 100 valence electrons. The summed E-state index contributed by atoms with van der Waals surface area (Å²) in [6.45, 7) is 4.00. The molecular formula is C14H15NO4. The molecule has 5 heteroatoms. The Labute approximate surface area is 111 Å². The van der Waals surface area contributed by atoms with Crippen LogP contribution in [-0.4, -0.2) is 10.0 Å². The maximum Gasteiger partial charge on any atom is 0.311 e. The third kappa shape index (κ3) is 3.99. The van der Waals surface area contributed by atoms with E-state index in [1.54, 1.807) is 12.1 Å². The van der Waals surface area contributed by atoms with Gasteiger partial charge in [0.1, 0.15) is 11.5 Å². The highest BCUT2D eigenvalue weighted by atomic mass is 16.6. The predicted molar refractivity (Wildman–Crippen MR) is 72.6 cm³/mol. The summed E-state index contributed by atoms with van der Waals surface area (Å²) >= 11 is 0. The van der Waals surface area contributed by atoms with Crippen molar-refractivity contribution in [3.63, 3.8) is 0 Å². The number of hydrogen-bond acceptors (Lipinski definition) is 4. The molecular weight excluding hydrogens is 246 g/mol. The number of nitro groups is 1. The summed E-state index contributed by atoms with van der Waals surface area (Å²) in [4.78, 5) is 10.2. The van der Waals surface area contributed by atoms with Gasteiger partial charge in [0.15, 0.2) is 0 Å². The van der Waals surface area contributed by atoms with Crippen molar-refractivity contribution in [1.29, 1.82) is 0 Å². The summed E-state index contributed by atoms with van der Waals surface area (Å²) in [5.41, 5.74) is -0.0967. The fourth-order valence-corrected chi connectivity index (χ4v) is 1.34. The summed E-state index contributed by atoms with van der Waals surface area (Å²) in [6.07, 6.45) is 0. The van der Waals surface area contributed by atoms with Crippen LogP contribution in [0.5, 0.6) is 17.2 Å². The first kappa shape index (κ1) is 14.5. The van der Waals surface area contributed by atoms with Crippen LogP contribution in [0.1, 0.15) is 13.8 Å². The highest BCUT2D eigenvalue weighted by Gasteiger charge is 2.14. The topological polar surface area (TPSA) is 72.6 Å². The molecule has 0 saturated heterocycles. The van der Waals surface area contributed by atoms with Gasteiger partial charge >= 0.3 is 5.69 Å². The van der Waals surface area contributed by atoms with Gasteiger partial charge in [0.25, 0.3) is 0 Å². The standard InChI is InChI=1S/C12H9NO4.C2H6/c14-9-5-7-10(8-6-9)17-12-4-2-1-3-11(12)13(15)16;1-2/h1-8,14H;1-2H3. The van der Waals surface area contributed by atoms with Crippen molar-refractivity contribution < 1.29 is 14.8 Å². The molecule has 19 heavy (non-hydrogen) atoms. The van der Waals surface area contributed by atoms with Gasteiger partial charge < -0.3 is 9.84 Å². The van der Waals surface area contributed by atoms with E-state index >= 15 is 0 Å². The highest BCUT2D eigenvalue weighted by molar-refractivity contribution is 5.48. The van der Waals surface area contributed by atoms with Crippen LogP contribution in [0.25, 0.3) is 0 Å². The van der Waals surface area contributed by atoms with E-state index in [9.17, 15) is 10.1 Å². The fourth-order valence-electron chi connectivity index (χ4n) is 1.34. The average Bonchev–Trinajstić information content (AvgIpc) is 2.44. The van der Waals surface area contributed by atoms with E-state index in [0.29, 0.717) is 5.75 Å². The van der Waals surface area contributed by atoms with Crippen LogP contribution in [-0.2, 0) is 0 Å². The Bertz CT molecular complexity index is 537. The van der Waals surface area contributed by atoms with Crippen LogP contribution in [0.3, 0.4) is 0 Å². The normalized spacial score (nSPS) is 9.16. The molecule has 0 saturated carbocycles. The van der Waals surface area contributed by atoms with Gasteiger partial charge in [0.2, 0.25) is 5.75 Å². The summed E-state index contributed by atoms with van der Waals surface area (Å²) in [7, 11) is 0. The van der Waals surface area contributed by atoms with Gasteiger partial charge in [-0.15, -0.1) is 0 Å². The zero-order valence-electron chi connectivity index (χ0n) is 10.7. The third-order valence-corrected chi connectivity index (χ3v) is 2.13. The molecule has 0 aliphatic heterocycles. The number of para-hydroxylation sites is 2. The van der Waals surface area contributed by atoms with Crippen molar-refractivity contribution in [2.24, 2.45) is 0 Å². The first-order valence-corrected chi connectivity index (χ1v) is 5.87. The molecule has 2 aromatic rings. The van der Waals surface area contributed by atoms with E-state index in [0.717, 1.165) is 0 Å². The maximum atomic E-state index is 10.8. The quantitative estimate of drug-likeness (QED) is 0.666. The second-order valence-corrected chi connectivity index (χ2v) is 3.32. The van der Waals surface area contributed by atoms with Gasteiger partial charge in [-0.2, -0.15) is 0 Å². The number of ether oxygens (including phenoxy) is 1. The Kier molecular flexibility index (Phi) is 5.35. The van der Waals surface area contributed by atoms with Crippen LogP contribution in [0, 0.1) is 10.1 Å². The lowest BCUT2D eigenvalue weighted by Crippen LogP contribution is -1.92. The van der Waals surface area contributed by atoms with Crippen LogP contribution in [0.2, 0.25) is 0 Å². The van der Waals surface area contributed by atoms with Crippen LogP contribution < -0.4 is 4.74 Å². The second kappa shape index (κ2) is 7.00. The summed E-state index contributed by atoms with van der Waals surface area (Å²) in [6, 6.07) is 12.1. The van der Waals surface area contributed by atoms with Gasteiger partial charge in [0, 0.05) is 6.07 Å². The van der Waals surface area contributed by atoms with Gasteiger partial charge in [-0.1, -0.05) is 26.0 Å². The number of nitro benzene ring substituents is 1. The molecule has 0 bridgehead atoms. The third-order valence-electron chi connectivity index (χ3n) is 2.13. The molecule has 0 heterocycles. The van der Waals surface area contributed by atoms with E-state index in [1.807, 2.05) is 13.8 Å². The molecule has 0 aromatic heterocycles. The average molecular weight is 261 g/mol. The van der Waals surface area contributed by atoms with Crippen molar-refractivity contribution in [3.8, 4) is 17.2 Å². The number of phenols is 1. The molecule has 5 nitrogen and oxygen atoms in total. The van der Waals surface area contributed by atoms with Crippen LogP contribution >= 0.6 is 0 Å². The minimum Gasteiger partial charge on any atom is -0.508 e. The smallest absolute Gasteiger partial charge is 0.311 e. The summed E-state index contributed by atoms with van der Waals surface area (Å²) in [5, 5.41) is 19.9. The molecule has 0 unspecified atom stereocenters. The van der Waals surface area contributed by atoms with Crippen molar-refractivity contribution >= 4 is 5.69 Å². The largest absolute Gasteiger partial charge is 0.508 e. The van der Waals surface area contributed by atoms with Crippen molar-refractivity contribution in [3.05, 3.63) is 58.6 Å². The minimum absolute atomic E-state index is 0.0967. The van der Waals surface area contributed by atoms with Gasteiger partial charge in [-0.3, -0.25) is 10.1 Å². The molecule has 0 aliphatic rings. The highest BCUT2D eigenvalue weighted by Crippen LogP contribution is 2.31. The minimum atomic E-state index is -0.504. The monoisotopic (exact) mass is 261 g/mol. The molecule has 0 aliphatic carbocycles. The van der Waals surface area contributed by atoms with Gasteiger partial charge in [0.05, 0.1) is 4.92 Å². The second-order valence-electron chi connectivity index (χ2n) is 3.32. The van der Waals surface area contributed by atoms with E-state index in [2.05, 4.69) is 0 Å². The Hall–Kier alpha value is -2.56. The number of benzene rings is 2. The molecule has 0 atom stereocenters. The van der Waals surface area contributed by atoms with Crippen LogP contribution in [0.4, 0.5) is 5.69 Å². The summed E-state index contributed by atoms with van der Waals surface area (Å²) in [5.74, 6) is 0.709. The van der Waals surface area contributed by atoms with E-state index in [-0.39, 0.29) is 17.2 Å². The number of nitrogens with zero attached hydrogens (tertiary/aromatic N) is 1. The fraction of sp³-hybridized carbons (Fsp3) is 0.143.